The molecule has 0 radical (unpaired) electrons. The molecule has 0 saturated heterocycles. The van der Waals surface area contributed by atoms with E-state index in [2.05, 4.69) is 15.5 Å². The molecule has 1 heterocycles. The SMILES string of the molecule is CNc1ccc(C(=O)N(C)Cc2cn[nH]c2)cc1[N+](=O)[O-]. The molecular formula is C13H15N5O3. The molecule has 0 aliphatic heterocycles. The van der Waals surface area contributed by atoms with Crippen molar-refractivity contribution >= 4 is 17.3 Å². The Kier molecular flexibility index (Phi) is 4.17. The number of amides is 1. The summed E-state index contributed by atoms with van der Waals surface area (Å²) in [4.78, 5) is 24.3. The van der Waals surface area contributed by atoms with E-state index in [-0.39, 0.29) is 17.2 Å². The van der Waals surface area contributed by atoms with Crippen LogP contribution in [-0.4, -0.2) is 40.0 Å². The van der Waals surface area contributed by atoms with Gasteiger partial charge < -0.3 is 10.2 Å². The summed E-state index contributed by atoms with van der Waals surface area (Å²) in [6.07, 6.45) is 3.31. The summed E-state index contributed by atoms with van der Waals surface area (Å²) < 4.78 is 0. The monoisotopic (exact) mass is 289 g/mol. The van der Waals surface area contributed by atoms with Crippen LogP contribution in [0.4, 0.5) is 11.4 Å². The van der Waals surface area contributed by atoms with Gasteiger partial charge in [-0.1, -0.05) is 0 Å². The standard InChI is InChI=1S/C13H15N5O3/c1-14-11-4-3-10(5-12(11)18(20)21)13(19)17(2)8-9-6-15-16-7-9/h3-7,14H,8H2,1-2H3,(H,15,16). The maximum atomic E-state index is 12.3. The van der Waals surface area contributed by atoms with Gasteiger partial charge in [0.25, 0.3) is 11.6 Å². The normalized spacial score (nSPS) is 10.2. The molecule has 110 valence electrons. The number of nitrogens with zero attached hydrogens (tertiary/aromatic N) is 3. The molecule has 0 aliphatic carbocycles. The van der Waals surface area contributed by atoms with Gasteiger partial charge in [0.1, 0.15) is 5.69 Å². The second kappa shape index (κ2) is 6.04. The second-order valence-electron chi connectivity index (χ2n) is 4.51. The van der Waals surface area contributed by atoms with Crippen molar-refractivity contribution < 1.29 is 9.72 Å². The zero-order chi connectivity index (χ0) is 15.4. The third-order valence-corrected chi connectivity index (χ3v) is 3.03. The molecular weight excluding hydrogens is 274 g/mol. The van der Waals surface area contributed by atoms with Gasteiger partial charge in [0.05, 0.1) is 11.1 Å². The summed E-state index contributed by atoms with van der Waals surface area (Å²) in [7, 11) is 3.22. The van der Waals surface area contributed by atoms with E-state index in [9.17, 15) is 14.9 Å². The summed E-state index contributed by atoms with van der Waals surface area (Å²) >= 11 is 0. The van der Waals surface area contributed by atoms with Crippen molar-refractivity contribution in [2.75, 3.05) is 19.4 Å². The van der Waals surface area contributed by atoms with Gasteiger partial charge in [-0.05, 0) is 12.1 Å². The van der Waals surface area contributed by atoms with Crippen LogP contribution in [-0.2, 0) is 6.54 Å². The number of hydrogen-bond donors (Lipinski definition) is 2. The van der Waals surface area contributed by atoms with Crippen molar-refractivity contribution in [2.24, 2.45) is 0 Å². The van der Waals surface area contributed by atoms with Crippen LogP contribution < -0.4 is 5.32 Å². The Balaban J connectivity index is 2.22. The van der Waals surface area contributed by atoms with Crippen LogP contribution in [0.5, 0.6) is 0 Å². The molecule has 8 heteroatoms. The minimum Gasteiger partial charge on any atom is -0.383 e. The van der Waals surface area contributed by atoms with Crippen LogP contribution in [0, 0.1) is 10.1 Å². The number of H-pyrrole nitrogens is 1. The summed E-state index contributed by atoms with van der Waals surface area (Å²) in [5.41, 5.74) is 1.37. The first-order valence-corrected chi connectivity index (χ1v) is 6.22. The van der Waals surface area contributed by atoms with Crippen LogP contribution in [0.3, 0.4) is 0 Å². The highest BCUT2D eigenvalue weighted by atomic mass is 16.6. The molecule has 1 aromatic carbocycles. The lowest BCUT2D eigenvalue weighted by atomic mass is 10.1. The maximum absolute atomic E-state index is 12.3. The molecule has 21 heavy (non-hydrogen) atoms. The Morgan fingerprint density at radius 2 is 2.29 bits per heavy atom. The number of nitro groups is 1. The molecule has 1 aromatic heterocycles. The maximum Gasteiger partial charge on any atom is 0.293 e. The van der Waals surface area contributed by atoms with Gasteiger partial charge in [0.15, 0.2) is 0 Å². The van der Waals surface area contributed by atoms with Crippen LogP contribution in [0.25, 0.3) is 0 Å². The van der Waals surface area contributed by atoms with Gasteiger partial charge in [-0.2, -0.15) is 5.10 Å². The number of aromatic amines is 1. The summed E-state index contributed by atoms with van der Waals surface area (Å²) in [5.74, 6) is -0.290. The third-order valence-electron chi connectivity index (χ3n) is 3.03. The van der Waals surface area contributed by atoms with Gasteiger partial charge >= 0.3 is 0 Å². The quantitative estimate of drug-likeness (QED) is 0.643. The Morgan fingerprint density at radius 3 is 2.86 bits per heavy atom. The molecule has 0 bridgehead atoms. The molecule has 0 atom stereocenters. The molecule has 0 aliphatic rings. The van der Waals surface area contributed by atoms with E-state index in [1.165, 1.54) is 17.0 Å². The number of hydrogen-bond acceptors (Lipinski definition) is 5. The van der Waals surface area contributed by atoms with Crippen LogP contribution in [0.15, 0.2) is 30.6 Å². The third kappa shape index (κ3) is 3.16. The van der Waals surface area contributed by atoms with Gasteiger partial charge in [-0.15, -0.1) is 0 Å². The average molecular weight is 289 g/mol. The van der Waals surface area contributed by atoms with Crippen molar-refractivity contribution in [1.29, 1.82) is 0 Å². The fourth-order valence-corrected chi connectivity index (χ4v) is 1.96. The number of nitro benzene ring substituents is 1. The van der Waals surface area contributed by atoms with Crippen molar-refractivity contribution in [1.82, 2.24) is 15.1 Å². The fourth-order valence-electron chi connectivity index (χ4n) is 1.96. The number of carbonyl (C=O) groups excluding carboxylic acids is 1. The molecule has 2 aromatic rings. The summed E-state index contributed by atoms with van der Waals surface area (Å²) in [6, 6.07) is 4.37. The Morgan fingerprint density at radius 1 is 1.52 bits per heavy atom. The highest BCUT2D eigenvalue weighted by Crippen LogP contribution is 2.25. The van der Waals surface area contributed by atoms with E-state index >= 15 is 0 Å². The first-order chi connectivity index (χ1) is 10.0. The molecule has 2 N–H and O–H groups in total. The van der Waals surface area contributed by atoms with Gasteiger partial charge in [-0.25, -0.2) is 0 Å². The lowest BCUT2D eigenvalue weighted by molar-refractivity contribution is -0.384. The lowest BCUT2D eigenvalue weighted by Crippen LogP contribution is -2.26. The van der Waals surface area contributed by atoms with Crippen LogP contribution in [0.1, 0.15) is 15.9 Å². The molecule has 0 fully saturated rings. The lowest BCUT2D eigenvalue weighted by Gasteiger charge is -2.16. The summed E-state index contributed by atoms with van der Waals surface area (Å²) in [6.45, 7) is 0.372. The fraction of sp³-hybridized carbons (Fsp3) is 0.231. The van der Waals surface area contributed by atoms with E-state index in [1.807, 2.05) is 0 Å². The molecule has 8 nitrogen and oxygen atoms in total. The number of benzene rings is 1. The second-order valence-corrected chi connectivity index (χ2v) is 4.51. The van der Waals surface area contributed by atoms with Crippen molar-refractivity contribution in [3.63, 3.8) is 0 Å². The van der Waals surface area contributed by atoms with E-state index in [0.29, 0.717) is 12.2 Å². The topological polar surface area (TPSA) is 104 Å². The van der Waals surface area contributed by atoms with E-state index in [4.69, 9.17) is 0 Å². The molecule has 2 rings (SSSR count). The zero-order valence-corrected chi connectivity index (χ0v) is 11.7. The average Bonchev–Trinajstić information content (AvgIpc) is 2.98. The highest BCUT2D eigenvalue weighted by Gasteiger charge is 2.19. The largest absolute Gasteiger partial charge is 0.383 e. The number of aromatic nitrogens is 2. The minimum atomic E-state index is -0.515. The van der Waals surface area contributed by atoms with Gasteiger partial charge in [-0.3, -0.25) is 20.0 Å². The van der Waals surface area contributed by atoms with Gasteiger partial charge in [0.2, 0.25) is 0 Å². The first kappa shape index (κ1) is 14.5. The number of rotatable bonds is 5. The highest BCUT2D eigenvalue weighted by molar-refractivity contribution is 5.95. The van der Waals surface area contributed by atoms with E-state index in [1.54, 1.807) is 32.6 Å². The van der Waals surface area contributed by atoms with Crippen molar-refractivity contribution in [2.45, 2.75) is 6.54 Å². The minimum absolute atomic E-state index is 0.125. The Hall–Kier alpha value is -2.90. The number of anilines is 1. The smallest absolute Gasteiger partial charge is 0.293 e. The number of carbonyl (C=O) groups is 1. The Bertz CT molecular complexity index is 654. The first-order valence-electron chi connectivity index (χ1n) is 6.22. The number of nitrogens with one attached hydrogen (secondary N) is 2. The van der Waals surface area contributed by atoms with Crippen molar-refractivity contribution in [3.8, 4) is 0 Å². The Labute approximate surface area is 120 Å². The van der Waals surface area contributed by atoms with E-state index < -0.39 is 4.92 Å². The van der Waals surface area contributed by atoms with Crippen LogP contribution in [0.2, 0.25) is 0 Å². The van der Waals surface area contributed by atoms with Crippen LogP contribution >= 0.6 is 0 Å². The van der Waals surface area contributed by atoms with Crippen molar-refractivity contribution in [3.05, 3.63) is 51.8 Å². The molecule has 0 unspecified atom stereocenters. The molecule has 0 saturated carbocycles. The molecule has 0 spiro atoms. The summed E-state index contributed by atoms with van der Waals surface area (Å²) in [5, 5.41) is 20.2. The molecule has 1 amide bonds. The predicted octanol–water partition coefficient (Wildman–Crippen LogP) is 1.63. The van der Waals surface area contributed by atoms with E-state index in [0.717, 1.165) is 5.56 Å². The zero-order valence-electron chi connectivity index (χ0n) is 11.7. The van der Waals surface area contributed by atoms with Gasteiger partial charge in [0, 0.05) is 44.0 Å². The predicted molar refractivity (Wildman–Crippen MR) is 77.0 cm³/mol.